The Balaban J connectivity index is 1.21. The Hall–Kier alpha value is -4.13. The Labute approximate surface area is 178 Å². The average Bonchev–Trinajstić information content (AvgIpc) is 3.39. The van der Waals surface area contributed by atoms with E-state index in [9.17, 15) is 9.90 Å². The van der Waals surface area contributed by atoms with E-state index in [-0.39, 0.29) is 30.7 Å². The number of rotatable bonds is 5. The number of aromatic nitrogens is 2. The van der Waals surface area contributed by atoms with E-state index in [1.807, 2.05) is 24.3 Å². The van der Waals surface area contributed by atoms with Gasteiger partial charge < -0.3 is 19.7 Å². The smallest absolute Gasteiger partial charge is 0.407 e. The predicted octanol–water partition coefficient (Wildman–Crippen LogP) is 4.48. The summed E-state index contributed by atoms with van der Waals surface area (Å²) in [6, 6.07) is 22.9. The summed E-state index contributed by atoms with van der Waals surface area (Å²) in [5.41, 5.74) is 5.29. The molecule has 2 N–H and O–H groups in total. The highest BCUT2D eigenvalue weighted by molar-refractivity contribution is 5.79. The molecule has 5 rings (SSSR count). The Bertz CT molecular complexity index is 1210. The fourth-order valence-electron chi connectivity index (χ4n) is 3.89. The predicted molar refractivity (Wildman–Crippen MR) is 113 cm³/mol. The number of aromatic hydroxyl groups is 1. The van der Waals surface area contributed by atoms with Crippen molar-refractivity contribution < 1.29 is 19.2 Å². The van der Waals surface area contributed by atoms with Gasteiger partial charge in [0, 0.05) is 11.5 Å². The Morgan fingerprint density at radius 2 is 1.71 bits per heavy atom. The molecule has 1 aliphatic carbocycles. The molecule has 7 nitrogen and oxygen atoms in total. The van der Waals surface area contributed by atoms with Crippen molar-refractivity contribution in [2.45, 2.75) is 12.5 Å². The van der Waals surface area contributed by atoms with Crippen LogP contribution in [0, 0.1) is 0 Å². The van der Waals surface area contributed by atoms with Crippen LogP contribution in [0.1, 0.15) is 22.9 Å². The summed E-state index contributed by atoms with van der Waals surface area (Å²) in [6.45, 7) is 0.278. The highest BCUT2D eigenvalue weighted by atomic mass is 16.5. The van der Waals surface area contributed by atoms with Crippen molar-refractivity contribution in [3.05, 3.63) is 89.8 Å². The largest absolute Gasteiger partial charge is 0.508 e. The molecule has 1 aliphatic rings. The summed E-state index contributed by atoms with van der Waals surface area (Å²) < 4.78 is 10.7. The Morgan fingerprint density at radius 3 is 2.42 bits per heavy atom. The zero-order valence-electron chi connectivity index (χ0n) is 16.5. The average molecular weight is 413 g/mol. The Kier molecular flexibility index (Phi) is 4.84. The summed E-state index contributed by atoms with van der Waals surface area (Å²) in [5.74, 6) is 0.687. The number of nitrogens with zero attached hydrogens (tertiary/aromatic N) is 2. The number of phenols is 1. The third-order valence-corrected chi connectivity index (χ3v) is 5.30. The zero-order valence-corrected chi connectivity index (χ0v) is 16.5. The maximum atomic E-state index is 12.3. The lowest BCUT2D eigenvalue weighted by Gasteiger charge is -2.14. The lowest BCUT2D eigenvalue weighted by molar-refractivity contribution is 0.141. The van der Waals surface area contributed by atoms with Gasteiger partial charge in [0.05, 0.1) is 0 Å². The van der Waals surface area contributed by atoms with Gasteiger partial charge in [-0.1, -0.05) is 65.8 Å². The van der Waals surface area contributed by atoms with Gasteiger partial charge in [-0.25, -0.2) is 4.79 Å². The number of ether oxygens (including phenoxy) is 1. The molecular formula is C24H19N3O4. The first-order valence-corrected chi connectivity index (χ1v) is 9.90. The second kappa shape index (κ2) is 7.95. The molecule has 0 unspecified atom stereocenters. The van der Waals surface area contributed by atoms with Crippen molar-refractivity contribution in [2.75, 3.05) is 6.61 Å². The monoisotopic (exact) mass is 413 g/mol. The molecule has 0 atom stereocenters. The summed E-state index contributed by atoms with van der Waals surface area (Å²) >= 11 is 0. The first kappa shape index (κ1) is 18.9. The number of carbonyl (C=O) groups excluding carboxylic acids is 1. The van der Waals surface area contributed by atoms with E-state index >= 15 is 0 Å². The van der Waals surface area contributed by atoms with E-state index in [0.717, 1.165) is 11.1 Å². The highest BCUT2D eigenvalue weighted by Gasteiger charge is 2.29. The molecular weight excluding hydrogens is 394 g/mol. The minimum absolute atomic E-state index is 0.00100. The van der Waals surface area contributed by atoms with E-state index < -0.39 is 6.09 Å². The summed E-state index contributed by atoms with van der Waals surface area (Å²) in [7, 11) is 0. The van der Waals surface area contributed by atoms with Crippen LogP contribution in [0.25, 0.3) is 22.5 Å². The zero-order chi connectivity index (χ0) is 21.2. The van der Waals surface area contributed by atoms with Crippen LogP contribution >= 0.6 is 0 Å². The van der Waals surface area contributed by atoms with Crippen molar-refractivity contribution in [1.29, 1.82) is 0 Å². The van der Waals surface area contributed by atoms with Gasteiger partial charge in [-0.15, -0.1) is 0 Å². The van der Waals surface area contributed by atoms with Crippen LogP contribution in [-0.4, -0.2) is 27.9 Å². The van der Waals surface area contributed by atoms with Gasteiger partial charge >= 0.3 is 6.09 Å². The first-order chi connectivity index (χ1) is 15.2. The van der Waals surface area contributed by atoms with Crippen LogP contribution in [-0.2, 0) is 11.3 Å². The van der Waals surface area contributed by atoms with Gasteiger partial charge in [0.25, 0.3) is 0 Å². The van der Waals surface area contributed by atoms with E-state index in [2.05, 4.69) is 39.7 Å². The molecule has 1 heterocycles. The van der Waals surface area contributed by atoms with Crippen LogP contribution in [0.3, 0.4) is 0 Å². The molecule has 4 aromatic rings. The molecule has 1 aromatic heterocycles. The van der Waals surface area contributed by atoms with Gasteiger partial charge in [-0.05, 0) is 34.4 Å². The van der Waals surface area contributed by atoms with Crippen molar-refractivity contribution in [3.63, 3.8) is 0 Å². The molecule has 0 aliphatic heterocycles. The summed E-state index contributed by atoms with van der Waals surface area (Å²) in [6.07, 6.45) is -0.557. The molecule has 0 bridgehead atoms. The number of phenolic OH excluding ortho intramolecular Hbond substituents is 1. The number of nitrogens with one attached hydrogen (secondary N) is 1. The maximum absolute atomic E-state index is 12.3. The molecule has 0 spiro atoms. The fourth-order valence-corrected chi connectivity index (χ4v) is 3.89. The maximum Gasteiger partial charge on any atom is 0.407 e. The highest BCUT2D eigenvalue weighted by Crippen LogP contribution is 2.44. The molecule has 3 aromatic carbocycles. The molecule has 0 fully saturated rings. The lowest BCUT2D eigenvalue weighted by Crippen LogP contribution is -2.25. The van der Waals surface area contributed by atoms with Gasteiger partial charge in [-0.2, -0.15) is 4.98 Å². The molecule has 0 radical (unpaired) electrons. The minimum Gasteiger partial charge on any atom is -0.508 e. The van der Waals surface area contributed by atoms with E-state index in [0.29, 0.717) is 11.4 Å². The summed E-state index contributed by atoms with van der Waals surface area (Å²) in [5, 5.41) is 16.1. The number of fused-ring (bicyclic) bond motifs is 3. The number of hydrogen-bond acceptors (Lipinski definition) is 6. The third-order valence-electron chi connectivity index (χ3n) is 5.30. The van der Waals surface area contributed by atoms with Crippen LogP contribution in [0.2, 0.25) is 0 Å². The van der Waals surface area contributed by atoms with Crippen LogP contribution in [0.15, 0.2) is 77.3 Å². The molecule has 7 heteroatoms. The number of alkyl carbamates (subject to hydrolysis) is 1. The van der Waals surface area contributed by atoms with Crippen molar-refractivity contribution in [1.82, 2.24) is 15.5 Å². The fraction of sp³-hybridized carbons (Fsp3) is 0.125. The Morgan fingerprint density at radius 1 is 1.00 bits per heavy atom. The van der Waals surface area contributed by atoms with Gasteiger partial charge in [-0.3, -0.25) is 0 Å². The number of benzene rings is 3. The molecule has 0 saturated heterocycles. The topological polar surface area (TPSA) is 97.5 Å². The van der Waals surface area contributed by atoms with Gasteiger partial charge in [0.1, 0.15) is 18.9 Å². The van der Waals surface area contributed by atoms with E-state index in [4.69, 9.17) is 9.26 Å². The summed E-state index contributed by atoms with van der Waals surface area (Å²) in [4.78, 5) is 16.5. The quantitative estimate of drug-likeness (QED) is 0.501. The van der Waals surface area contributed by atoms with Crippen LogP contribution in [0.5, 0.6) is 5.75 Å². The second-order valence-corrected chi connectivity index (χ2v) is 7.24. The van der Waals surface area contributed by atoms with Gasteiger partial charge in [0.15, 0.2) is 0 Å². The van der Waals surface area contributed by atoms with Crippen LogP contribution < -0.4 is 5.32 Å². The standard InChI is InChI=1S/C24H19N3O4/c28-16-7-5-6-15(12-16)23-26-22(31-27-23)13-25-24(29)30-14-21-19-10-3-1-8-17(19)18-9-2-4-11-20(18)21/h1-12,21,28H,13-14H2,(H,25,29). The first-order valence-electron chi connectivity index (χ1n) is 9.90. The SMILES string of the molecule is O=C(NCc1nc(-c2cccc(O)c2)no1)OCC1c2ccccc2-c2ccccc21. The number of hydrogen-bond donors (Lipinski definition) is 2. The number of amides is 1. The normalized spacial score (nSPS) is 12.3. The van der Waals surface area contributed by atoms with Crippen LogP contribution in [0.4, 0.5) is 4.79 Å². The molecule has 31 heavy (non-hydrogen) atoms. The van der Waals surface area contributed by atoms with E-state index in [1.165, 1.54) is 17.2 Å². The number of carbonyl (C=O) groups is 1. The molecule has 0 saturated carbocycles. The second-order valence-electron chi connectivity index (χ2n) is 7.24. The molecule has 154 valence electrons. The third kappa shape index (κ3) is 3.73. The lowest BCUT2D eigenvalue weighted by atomic mass is 9.98. The van der Waals surface area contributed by atoms with Crippen molar-refractivity contribution in [2.24, 2.45) is 0 Å². The minimum atomic E-state index is -0.557. The van der Waals surface area contributed by atoms with Gasteiger partial charge in [0.2, 0.25) is 11.7 Å². The van der Waals surface area contributed by atoms with E-state index in [1.54, 1.807) is 18.2 Å². The van der Waals surface area contributed by atoms with Crippen molar-refractivity contribution >= 4 is 6.09 Å². The molecule has 1 amide bonds. The van der Waals surface area contributed by atoms with Crippen molar-refractivity contribution in [3.8, 4) is 28.3 Å².